The minimum Gasteiger partial charge on any atom is -0.491 e. The second-order valence-corrected chi connectivity index (χ2v) is 11.9. The Morgan fingerprint density at radius 1 is 1.21 bits per heavy atom. The summed E-state index contributed by atoms with van der Waals surface area (Å²) in [6, 6.07) is 6.33. The first-order chi connectivity index (χ1) is 18.3. The summed E-state index contributed by atoms with van der Waals surface area (Å²) in [6.07, 6.45) is 2.59. The maximum atomic E-state index is 12.5. The molecule has 0 spiro atoms. The van der Waals surface area contributed by atoms with Gasteiger partial charge in [0.25, 0.3) is 10.1 Å². The lowest BCUT2D eigenvalue weighted by Crippen LogP contribution is -2.48. The maximum absolute atomic E-state index is 12.5. The lowest BCUT2D eigenvalue weighted by Gasteiger charge is -2.25. The molecule has 12 nitrogen and oxygen atoms in total. The van der Waals surface area contributed by atoms with Gasteiger partial charge in [0.1, 0.15) is 30.6 Å². The number of hydrogen-bond donors (Lipinski definition) is 3. The molecule has 1 aromatic carbocycles. The zero-order chi connectivity index (χ0) is 29.1. The van der Waals surface area contributed by atoms with Crippen molar-refractivity contribution in [1.82, 2.24) is 20.8 Å². The average Bonchev–Trinajstić information content (AvgIpc) is 3.18. The summed E-state index contributed by atoms with van der Waals surface area (Å²) in [7, 11) is -2.70. The van der Waals surface area contributed by atoms with Crippen LogP contribution in [0.1, 0.15) is 39.7 Å². The Balaban J connectivity index is 1.73. The highest BCUT2D eigenvalue weighted by Gasteiger charge is 2.27. The molecule has 0 saturated carbocycles. The molecule has 0 aromatic heterocycles. The van der Waals surface area contributed by atoms with E-state index in [2.05, 4.69) is 10.8 Å². The van der Waals surface area contributed by atoms with Gasteiger partial charge in [-0.15, -0.1) is 5.53 Å². The highest BCUT2D eigenvalue weighted by molar-refractivity contribution is 7.86. The van der Waals surface area contributed by atoms with E-state index in [1.54, 1.807) is 45.0 Å². The van der Waals surface area contributed by atoms with Gasteiger partial charge in [-0.3, -0.25) is 19.0 Å². The Hall–Kier alpha value is -2.36. The van der Waals surface area contributed by atoms with E-state index in [1.165, 1.54) is 6.82 Å². The van der Waals surface area contributed by atoms with E-state index in [0.717, 1.165) is 11.3 Å². The molecule has 1 aliphatic rings. The molecule has 0 amide bonds. The topological polar surface area (TPSA) is 139 Å². The number of ether oxygens (including phenoxy) is 3. The molecule has 1 atom stereocenters. The van der Waals surface area contributed by atoms with Crippen LogP contribution in [0.15, 0.2) is 36.2 Å². The highest BCUT2D eigenvalue weighted by Crippen LogP contribution is 2.16. The van der Waals surface area contributed by atoms with Crippen molar-refractivity contribution in [3.05, 3.63) is 41.7 Å². The van der Waals surface area contributed by atoms with Gasteiger partial charge in [0.05, 0.1) is 18.1 Å². The molecule has 39 heavy (non-hydrogen) atoms. The smallest absolute Gasteiger partial charge is 0.374 e. The monoisotopic (exact) mass is 570 g/mol. The first-order valence-corrected chi connectivity index (χ1v) is 14.7. The summed E-state index contributed by atoms with van der Waals surface area (Å²) in [5, 5.41) is 16.2. The molecule has 14 heteroatoms. The number of rotatable bonds is 17. The third-order valence-electron chi connectivity index (χ3n) is 5.37. The van der Waals surface area contributed by atoms with Crippen LogP contribution in [0.3, 0.4) is 0 Å². The largest absolute Gasteiger partial charge is 0.491 e. The van der Waals surface area contributed by atoms with E-state index in [-0.39, 0.29) is 19.0 Å². The van der Waals surface area contributed by atoms with Gasteiger partial charge in [-0.05, 0) is 65.1 Å². The first kappa shape index (κ1) is 32.9. The number of carbonyl (C=O) groups excluding carboxylic acids is 1. The summed E-state index contributed by atoms with van der Waals surface area (Å²) in [5.41, 5.74) is 4.26. The molecule has 220 valence electrons. The molecule has 1 aliphatic heterocycles. The Morgan fingerprint density at radius 3 is 2.51 bits per heavy atom. The van der Waals surface area contributed by atoms with Gasteiger partial charge in [-0.25, -0.2) is 0 Å². The summed E-state index contributed by atoms with van der Waals surface area (Å²) in [6.45, 7) is 10.4. The van der Waals surface area contributed by atoms with E-state index in [0.29, 0.717) is 38.3 Å². The van der Waals surface area contributed by atoms with Crippen molar-refractivity contribution in [3.63, 3.8) is 0 Å². The van der Waals surface area contributed by atoms with Gasteiger partial charge in [-0.1, -0.05) is 12.1 Å². The van der Waals surface area contributed by atoms with Gasteiger partial charge in [0, 0.05) is 26.4 Å². The molecular formula is C25H43BN4O8S. The summed E-state index contributed by atoms with van der Waals surface area (Å²) in [4.78, 5) is 12.5. The Kier molecular flexibility index (Phi) is 13.0. The van der Waals surface area contributed by atoms with Crippen molar-refractivity contribution in [3.8, 4) is 5.75 Å². The number of esters is 1. The maximum Gasteiger partial charge on any atom is 0.374 e. The molecule has 0 bridgehead atoms. The van der Waals surface area contributed by atoms with Crippen molar-refractivity contribution in [2.24, 2.45) is 0 Å². The van der Waals surface area contributed by atoms with Crippen molar-refractivity contribution < 1.29 is 36.6 Å². The third-order valence-corrected chi connectivity index (χ3v) is 6.69. The second kappa shape index (κ2) is 15.4. The van der Waals surface area contributed by atoms with Gasteiger partial charge in [-0.2, -0.15) is 8.42 Å². The van der Waals surface area contributed by atoms with Gasteiger partial charge >= 0.3 is 13.0 Å². The number of carbonyl (C=O) groups is 1. The van der Waals surface area contributed by atoms with Crippen LogP contribution in [0.4, 0.5) is 0 Å². The van der Waals surface area contributed by atoms with Crippen molar-refractivity contribution in [1.29, 1.82) is 0 Å². The molecular weight excluding hydrogens is 527 g/mol. The normalized spacial score (nSPS) is 14.8. The molecule has 1 heterocycles. The molecule has 0 aliphatic carbocycles. The van der Waals surface area contributed by atoms with Crippen LogP contribution in [-0.2, 0) is 35.0 Å². The lowest BCUT2D eigenvalue weighted by molar-refractivity contribution is -0.157. The van der Waals surface area contributed by atoms with Crippen molar-refractivity contribution >= 4 is 23.1 Å². The van der Waals surface area contributed by atoms with Crippen LogP contribution in [0.25, 0.3) is 0 Å². The van der Waals surface area contributed by atoms with Crippen LogP contribution >= 0.6 is 0 Å². The van der Waals surface area contributed by atoms with Gasteiger partial charge < -0.3 is 24.5 Å². The first-order valence-electron chi connectivity index (χ1n) is 13.1. The van der Waals surface area contributed by atoms with Crippen LogP contribution in [0.2, 0.25) is 6.82 Å². The fourth-order valence-corrected chi connectivity index (χ4v) is 4.55. The van der Waals surface area contributed by atoms with Crippen LogP contribution in [0.5, 0.6) is 5.75 Å². The quantitative estimate of drug-likeness (QED) is 0.108. The summed E-state index contributed by atoms with van der Waals surface area (Å²) < 4.78 is 46.0. The predicted molar refractivity (Wildman–Crippen MR) is 149 cm³/mol. The lowest BCUT2D eigenvalue weighted by atomic mass is 9.86. The predicted octanol–water partition coefficient (Wildman–Crippen LogP) is 1.30. The van der Waals surface area contributed by atoms with E-state index >= 15 is 0 Å². The standard InChI is InChI=1S/C25H43BN4O8S/c1-7-35-19-21-18-30(28-29(21)6)13-8-16-39(33,34)37-15-14-36-22-11-9-20(10-12-22)17-23(27-26(5)32)24(31)38-25(2,3)4/h9-12,18,23,27-28,32H,7-8,13-17,19H2,1-6H3. The number of hydrogen-bond acceptors (Lipinski definition) is 12. The molecule has 1 unspecified atom stereocenters. The van der Waals surface area contributed by atoms with E-state index in [4.69, 9.17) is 18.4 Å². The molecule has 3 N–H and O–H groups in total. The van der Waals surface area contributed by atoms with Gasteiger partial charge in [0.15, 0.2) is 0 Å². The molecule has 0 fully saturated rings. The summed E-state index contributed by atoms with van der Waals surface area (Å²) >= 11 is 0. The molecule has 2 rings (SSSR count). The van der Waals surface area contributed by atoms with E-state index in [1.807, 2.05) is 30.2 Å². The second-order valence-electron chi connectivity index (χ2n) is 10.2. The van der Waals surface area contributed by atoms with Crippen molar-refractivity contribution in [2.75, 3.05) is 45.8 Å². The number of benzene rings is 1. The third kappa shape index (κ3) is 13.0. The SMILES string of the molecule is CCOCC1=CN(CCCS(=O)(=O)OCCOc2ccc(CC(NB(C)O)C(=O)OC(C)(C)C)cc2)NN1C. The van der Waals surface area contributed by atoms with Crippen LogP contribution in [-0.4, -0.2) is 93.9 Å². The van der Waals surface area contributed by atoms with E-state index < -0.39 is 34.8 Å². The zero-order valence-corrected chi connectivity index (χ0v) is 24.6. The average molecular weight is 571 g/mol. The number of likely N-dealkylation sites (N-methyl/N-ethyl adjacent to an activating group) is 1. The molecule has 0 radical (unpaired) electrons. The molecule has 1 aromatic rings. The fourth-order valence-electron chi connectivity index (χ4n) is 3.63. The number of nitrogens with one attached hydrogen (secondary N) is 2. The van der Waals surface area contributed by atoms with Gasteiger partial charge in [0.2, 0.25) is 0 Å². The summed E-state index contributed by atoms with van der Waals surface area (Å²) in [5.74, 6) is -0.0258. The van der Waals surface area contributed by atoms with E-state index in [9.17, 15) is 18.2 Å². The highest BCUT2D eigenvalue weighted by atomic mass is 32.2. The fraction of sp³-hybridized carbons (Fsp3) is 0.640. The molecule has 0 saturated heterocycles. The Labute approximate surface area is 232 Å². The zero-order valence-electron chi connectivity index (χ0n) is 23.8. The number of hydrazine groups is 2. The minimum absolute atomic E-state index is 0.0602. The minimum atomic E-state index is -3.69. The van der Waals surface area contributed by atoms with Crippen molar-refractivity contribution in [2.45, 2.75) is 59.0 Å². The van der Waals surface area contributed by atoms with Crippen LogP contribution < -0.4 is 15.5 Å². The Bertz CT molecular complexity index is 1030. The number of nitrogens with zero attached hydrogens (tertiary/aromatic N) is 2. The Morgan fingerprint density at radius 2 is 1.90 bits per heavy atom. The van der Waals surface area contributed by atoms with Crippen LogP contribution in [0, 0.1) is 0 Å².